The molecule has 2 N–H and O–H groups in total. The maximum Gasteiger partial charge on any atom is 0.127 e. The number of carbonyl (C=O) groups is 1. The molecule has 0 bridgehead atoms. The van der Waals surface area contributed by atoms with Crippen LogP contribution < -0.4 is 10.9 Å². The summed E-state index contributed by atoms with van der Waals surface area (Å²) in [5.74, 6) is -0.505. The smallest absolute Gasteiger partial charge is 0.127 e. The number of nitrogens with one attached hydrogen (secondary N) is 2. The summed E-state index contributed by atoms with van der Waals surface area (Å²) in [6.45, 7) is 1.91. The minimum Gasteiger partial charge on any atom is -0.303 e. The topological polar surface area (TPSA) is 41.1 Å². The van der Waals surface area contributed by atoms with E-state index in [1.165, 1.54) is 6.07 Å². The van der Waals surface area contributed by atoms with E-state index >= 15 is 0 Å². The monoisotopic (exact) mass is 256 g/mol. The molecule has 1 saturated heterocycles. The van der Waals surface area contributed by atoms with Crippen LogP contribution in [0.4, 0.5) is 4.39 Å². The second-order valence-electron chi connectivity index (χ2n) is 4.30. The number of benzene rings is 1. The molecule has 0 saturated carbocycles. The van der Waals surface area contributed by atoms with Crippen LogP contribution in [0.25, 0.3) is 0 Å². The van der Waals surface area contributed by atoms with Gasteiger partial charge in [-0.25, -0.2) is 4.39 Å². The average Bonchev–Trinajstić information content (AvgIpc) is 2.64. The SMILES string of the molecule is CC1NNC(Cc2c(F)cccc2Cl)C1C=O. The lowest BCUT2D eigenvalue weighted by molar-refractivity contribution is -0.111. The Kier molecular flexibility index (Phi) is 3.76. The summed E-state index contributed by atoms with van der Waals surface area (Å²) in [4.78, 5) is 11.0. The summed E-state index contributed by atoms with van der Waals surface area (Å²) in [5, 5.41) is 0.399. The van der Waals surface area contributed by atoms with Crippen LogP contribution in [-0.4, -0.2) is 18.4 Å². The molecule has 1 fully saturated rings. The van der Waals surface area contributed by atoms with Crippen molar-refractivity contribution in [3.05, 3.63) is 34.6 Å². The molecule has 0 amide bonds. The van der Waals surface area contributed by atoms with E-state index in [0.29, 0.717) is 17.0 Å². The molecule has 1 aromatic rings. The van der Waals surface area contributed by atoms with E-state index in [9.17, 15) is 9.18 Å². The fraction of sp³-hybridized carbons (Fsp3) is 0.417. The van der Waals surface area contributed by atoms with Gasteiger partial charge in [-0.2, -0.15) is 0 Å². The highest BCUT2D eigenvalue weighted by atomic mass is 35.5. The van der Waals surface area contributed by atoms with Gasteiger partial charge in [0.2, 0.25) is 0 Å². The third-order valence-corrected chi connectivity index (χ3v) is 3.54. The number of rotatable bonds is 3. The summed E-state index contributed by atoms with van der Waals surface area (Å²) in [6, 6.07) is 4.52. The van der Waals surface area contributed by atoms with E-state index in [1.54, 1.807) is 12.1 Å². The highest BCUT2D eigenvalue weighted by molar-refractivity contribution is 6.31. The van der Waals surface area contributed by atoms with E-state index in [2.05, 4.69) is 10.9 Å². The highest BCUT2D eigenvalue weighted by Gasteiger charge is 2.33. The van der Waals surface area contributed by atoms with E-state index in [1.807, 2.05) is 6.92 Å². The number of hydrogen-bond acceptors (Lipinski definition) is 3. The van der Waals surface area contributed by atoms with Crippen molar-refractivity contribution >= 4 is 17.9 Å². The van der Waals surface area contributed by atoms with Crippen molar-refractivity contribution in [3.63, 3.8) is 0 Å². The highest BCUT2D eigenvalue weighted by Crippen LogP contribution is 2.24. The normalized spacial score (nSPS) is 28.3. The lowest BCUT2D eigenvalue weighted by Gasteiger charge is -2.16. The van der Waals surface area contributed by atoms with Crippen molar-refractivity contribution in [3.8, 4) is 0 Å². The summed E-state index contributed by atoms with van der Waals surface area (Å²) < 4.78 is 13.6. The Morgan fingerprint density at radius 2 is 2.24 bits per heavy atom. The van der Waals surface area contributed by atoms with Crippen LogP contribution in [0.15, 0.2) is 18.2 Å². The number of halogens is 2. The molecule has 2 rings (SSSR count). The van der Waals surface area contributed by atoms with Gasteiger partial charge in [0, 0.05) is 28.6 Å². The standard InChI is InChI=1S/C12H14ClFN2O/c1-7-9(6-17)12(16-15-7)5-8-10(13)3-2-4-11(8)14/h2-4,6-7,9,12,15-16H,5H2,1H3. The van der Waals surface area contributed by atoms with Crippen molar-refractivity contribution in [1.29, 1.82) is 0 Å². The molecule has 0 aromatic heterocycles. The van der Waals surface area contributed by atoms with Crippen molar-refractivity contribution in [2.24, 2.45) is 5.92 Å². The molecule has 3 nitrogen and oxygen atoms in total. The van der Waals surface area contributed by atoms with Crippen LogP contribution in [0.3, 0.4) is 0 Å². The fourth-order valence-corrected chi connectivity index (χ4v) is 2.37. The number of aldehydes is 1. The quantitative estimate of drug-likeness (QED) is 0.809. The zero-order valence-corrected chi connectivity index (χ0v) is 10.2. The van der Waals surface area contributed by atoms with Crippen LogP contribution in [0, 0.1) is 11.7 Å². The molecule has 3 unspecified atom stereocenters. The Morgan fingerprint density at radius 3 is 2.88 bits per heavy atom. The predicted molar refractivity (Wildman–Crippen MR) is 64.2 cm³/mol. The molecule has 92 valence electrons. The van der Waals surface area contributed by atoms with Gasteiger partial charge in [0.15, 0.2) is 0 Å². The van der Waals surface area contributed by atoms with Gasteiger partial charge < -0.3 is 4.79 Å². The molecule has 3 atom stereocenters. The molecule has 5 heteroatoms. The summed E-state index contributed by atoms with van der Waals surface area (Å²) in [6.07, 6.45) is 1.29. The maximum absolute atomic E-state index is 13.6. The predicted octanol–water partition coefficient (Wildman–Crippen LogP) is 1.70. The molecule has 1 aliphatic heterocycles. The van der Waals surface area contributed by atoms with Crippen LogP contribution in [0.5, 0.6) is 0 Å². The minimum atomic E-state index is -0.330. The molecule has 0 spiro atoms. The van der Waals surface area contributed by atoms with Crippen LogP contribution >= 0.6 is 11.6 Å². The minimum absolute atomic E-state index is 0.0445. The first-order chi connectivity index (χ1) is 8.13. The second kappa shape index (κ2) is 5.12. The van der Waals surface area contributed by atoms with Crippen molar-refractivity contribution in [1.82, 2.24) is 10.9 Å². The van der Waals surface area contributed by atoms with Gasteiger partial charge >= 0.3 is 0 Å². The molecule has 1 aliphatic rings. The molecule has 1 aromatic carbocycles. The number of hydrazine groups is 1. The van der Waals surface area contributed by atoms with Gasteiger partial charge in [-0.15, -0.1) is 0 Å². The first-order valence-corrected chi connectivity index (χ1v) is 5.90. The Bertz CT molecular complexity index is 407. The van der Waals surface area contributed by atoms with Gasteiger partial charge in [-0.05, 0) is 25.5 Å². The third-order valence-electron chi connectivity index (χ3n) is 3.18. The lowest BCUT2D eigenvalue weighted by atomic mass is 9.92. The summed E-state index contributed by atoms with van der Waals surface area (Å²) in [5.41, 5.74) is 6.44. The number of hydrogen-bond donors (Lipinski definition) is 2. The number of carbonyl (C=O) groups excluding carboxylic acids is 1. The zero-order chi connectivity index (χ0) is 12.4. The van der Waals surface area contributed by atoms with Crippen LogP contribution in [-0.2, 0) is 11.2 Å². The van der Waals surface area contributed by atoms with Gasteiger partial charge in [0.25, 0.3) is 0 Å². The van der Waals surface area contributed by atoms with Crippen molar-refractivity contribution in [2.45, 2.75) is 25.4 Å². The van der Waals surface area contributed by atoms with Gasteiger partial charge in [-0.1, -0.05) is 17.7 Å². The Morgan fingerprint density at radius 1 is 1.47 bits per heavy atom. The first kappa shape index (κ1) is 12.5. The van der Waals surface area contributed by atoms with Gasteiger partial charge in [-0.3, -0.25) is 10.9 Å². The van der Waals surface area contributed by atoms with Gasteiger partial charge in [0.05, 0.1) is 0 Å². The molecular weight excluding hydrogens is 243 g/mol. The van der Waals surface area contributed by atoms with Crippen LogP contribution in [0.1, 0.15) is 12.5 Å². The van der Waals surface area contributed by atoms with E-state index < -0.39 is 0 Å². The van der Waals surface area contributed by atoms with Crippen LogP contribution in [0.2, 0.25) is 5.02 Å². The second-order valence-corrected chi connectivity index (χ2v) is 4.71. The summed E-state index contributed by atoms with van der Waals surface area (Å²) >= 11 is 5.96. The molecular formula is C12H14ClFN2O. The lowest BCUT2D eigenvalue weighted by Crippen LogP contribution is -2.34. The Hall–Kier alpha value is -0.970. The van der Waals surface area contributed by atoms with E-state index in [4.69, 9.17) is 11.6 Å². The van der Waals surface area contributed by atoms with Gasteiger partial charge in [0.1, 0.15) is 12.1 Å². The molecule has 0 aliphatic carbocycles. The molecule has 17 heavy (non-hydrogen) atoms. The molecule has 0 radical (unpaired) electrons. The Balaban J connectivity index is 2.18. The van der Waals surface area contributed by atoms with E-state index in [0.717, 1.165) is 6.29 Å². The summed E-state index contributed by atoms with van der Waals surface area (Å²) in [7, 11) is 0. The molecule has 1 heterocycles. The zero-order valence-electron chi connectivity index (χ0n) is 9.41. The first-order valence-electron chi connectivity index (χ1n) is 5.52. The van der Waals surface area contributed by atoms with E-state index in [-0.39, 0.29) is 23.8 Å². The Labute approximate surface area is 104 Å². The van der Waals surface area contributed by atoms with Crippen molar-refractivity contribution < 1.29 is 9.18 Å². The van der Waals surface area contributed by atoms with Crippen molar-refractivity contribution in [2.75, 3.05) is 0 Å². The third kappa shape index (κ3) is 2.49. The maximum atomic E-state index is 13.6. The average molecular weight is 257 g/mol. The fourth-order valence-electron chi connectivity index (χ4n) is 2.13. The largest absolute Gasteiger partial charge is 0.303 e.